The highest BCUT2D eigenvalue weighted by Gasteiger charge is 2.33. The van der Waals surface area contributed by atoms with Crippen LogP contribution in [0, 0.1) is 5.92 Å². The highest BCUT2D eigenvalue weighted by atomic mass is 35.5. The van der Waals surface area contributed by atoms with Gasteiger partial charge in [0, 0.05) is 22.1 Å². The van der Waals surface area contributed by atoms with Crippen LogP contribution in [0.1, 0.15) is 12.8 Å². The molecule has 0 aliphatic carbocycles. The largest absolute Gasteiger partial charge is 0.273 e. The molecular weight excluding hydrogens is 360 g/mol. The van der Waals surface area contributed by atoms with E-state index in [1.165, 1.54) is 11.8 Å². The molecule has 1 fully saturated rings. The highest BCUT2D eigenvalue weighted by Crippen LogP contribution is 2.21. The summed E-state index contributed by atoms with van der Waals surface area (Å²) in [6, 6.07) is 7.29. The average molecular weight is 377 g/mol. The maximum Gasteiger partial charge on any atom is 0.242 e. The van der Waals surface area contributed by atoms with Gasteiger partial charge in [0.05, 0.1) is 17.4 Å². The first-order valence-corrected chi connectivity index (χ1v) is 10.2. The number of hydrogen-bond donors (Lipinski definition) is 2. The van der Waals surface area contributed by atoms with E-state index in [0.29, 0.717) is 17.2 Å². The maximum atomic E-state index is 11.8. The predicted octanol–water partition coefficient (Wildman–Crippen LogP) is 1.40. The van der Waals surface area contributed by atoms with Crippen molar-refractivity contribution in [3.63, 3.8) is 0 Å². The Morgan fingerprint density at radius 1 is 1.22 bits per heavy atom. The molecule has 1 aliphatic heterocycles. The smallest absolute Gasteiger partial charge is 0.242 e. The molecular formula is C14H17ClN2O4S2. The van der Waals surface area contributed by atoms with E-state index in [9.17, 15) is 18.0 Å². The molecule has 1 heterocycles. The Morgan fingerprint density at radius 2 is 1.91 bits per heavy atom. The molecule has 1 saturated heterocycles. The second-order valence-electron chi connectivity index (χ2n) is 5.19. The minimum atomic E-state index is -3.11. The molecule has 0 aromatic heterocycles. The summed E-state index contributed by atoms with van der Waals surface area (Å²) in [7, 11) is -3.11. The summed E-state index contributed by atoms with van der Waals surface area (Å²) < 4.78 is 22.6. The standard InChI is InChI=1S/C14H17ClN2O4S2/c15-11-1-3-12(4-2-11)22-7-5-13(18)16-17-14(19)10-6-8-23(20,21)9-10/h1-4,10H,5-9H2,(H,16,18)(H,17,19)/t10-/m1/s1. The Morgan fingerprint density at radius 3 is 2.52 bits per heavy atom. The van der Waals surface area contributed by atoms with E-state index >= 15 is 0 Å². The number of benzene rings is 1. The van der Waals surface area contributed by atoms with Gasteiger partial charge in [-0.15, -0.1) is 11.8 Å². The number of rotatable bonds is 5. The number of halogens is 1. The SMILES string of the molecule is O=C(CCSc1ccc(Cl)cc1)NNC(=O)[C@@H]1CCS(=O)(=O)C1. The van der Waals surface area contributed by atoms with Crippen LogP contribution in [0.25, 0.3) is 0 Å². The summed E-state index contributed by atoms with van der Waals surface area (Å²) in [6.07, 6.45) is 0.535. The molecule has 1 atom stereocenters. The van der Waals surface area contributed by atoms with Crippen LogP contribution in [0.2, 0.25) is 5.02 Å². The van der Waals surface area contributed by atoms with Crippen LogP contribution in [0.15, 0.2) is 29.2 Å². The quantitative estimate of drug-likeness (QED) is 0.598. The summed E-state index contributed by atoms with van der Waals surface area (Å²) in [5.74, 6) is -0.923. The lowest BCUT2D eigenvalue weighted by atomic mass is 10.1. The zero-order valence-corrected chi connectivity index (χ0v) is 14.6. The molecule has 2 N–H and O–H groups in total. The van der Waals surface area contributed by atoms with E-state index < -0.39 is 21.7 Å². The second kappa shape index (κ2) is 8.03. The summed E-state index contributed by atoms with van der Waals surface area (Å²) in [6.45, 7) is 0. The first-order chi connectivity index (χ1) is 10.9. The molecule has 0 unspecified atom stereocenters. The van der Waals surface area contributed by atoms with E-state index in [0.717, 1.165) is 4.90 Å². The molecule has 0 radical (unpaired) electrons. The Hall–Kier alpha value is -1.25. The zero-order valence-electron chi connectivity index (χ0n) is 12.2. The van der Waals surface area contributed by atoms with Crippen LogP contribution < -0.4 is 10.9 Å². The lowest BCUT2D eigenvalue weighted by molar-refractivity contribution is -0.130. The van der Waals surface area contributed by atoms with Crippen molar-refractivity contribution in [1.29, 1.82) is 0 Å². The first-order valence-electron chi connectivity index (χ1n) is 7.03. The van der Waals surface area contributed by atoms with E-state index in [-0.39, 0.29) is 23.8 Å². The maximum absolute atomic E-state index is 11.8. The highest BCUT2D eigenvalue weighted by molar-refractivity contribution is 7.99. The fraction of sp³-hybridized carbons (Fsp3) is 0.429. The van der Waals surface area contributed by atoms with Gasteiger partial charge in [-0.1, -0.05) is 11.6 Å². The van der Waals surface area contributed by atoms with Gasteiger partial charge >= 0.3 is 0 Å². The number of sulfone groups is 1. The molecule has 2 amide bonds. The minimum absolute atomic E-state index is 0.0246. The topological polar surface area (TPSA) is 92.3 Å². The molecule has 6 nitrogen and oxygen atoms in total. The van der Waals surface area contributed by atoms with Crippen molar-refractivity contribution in [3.8, 4) is 0 Å². The van der Waals surface area contributed by atoms with Gasteiger partial charge in [-0.3, -0.25) is 20.4 Å². The van der Waals surface area contributed by atoms with Crippen LogP contribution in [0.5, 0.6) is 0 Å². The minimum Gasteiger partial charge on any atom is -0.273 e. The lowest BCUT2D eigenvalue weighted by Crippen LogP contribution is -2.44. The van der Waals surface area contributed by atoms with Crippen molar-refractivity contribution in [2.24, 2.45) is 5.92 Å². The van der Waals surface area contributed by atoms with Gasteiger partial charge in [-0.05, 0) is 30.7 Å². The van der Waals surface area contributed by atoms with Gasteiger partial charge in [0.2, 0.25) is 11.8 Å². The van der Waals surface area contributed by atoms with Crippen LogP contribution in [-0.2, 0) is 19.4 Å². The van der Waals surface area contributed by atoms with Crippen molar-refractivity contribution in [2.45, 2.75) is 17.7 Å². The van der Waals surface area contributed by atoms with Crippen molar-refractivity contribution in [2.75, 3.05) is 17.3 Å². The Bertz CT molecular complexity index is 677. The van der Waals surface area contributed by atoms with Gasteiger partial charge in [-0.25, -0.2) is 8.42 Å². The number of thioether (sulfide) groups is 1. The second-order valence-corrected chi connectivity index (χ2v) is 9.02. The number of amides is 2. The monoisotopic (exact) mass is 376 g/mol. The van der Waals surface area contributed by atoms with Crippen molar-refractivity contribution in [3.05, 3.63) is 29.3 Å². The predicted molar refractivity (Wildman–Crippen MR) is 89.8 cm³/mol. The summed E-state index contributed by atoms with van der Waals surface area (Å²) in [5.41, 5.74) is 4.60. The summed E-state index contributed by atoms with van der Waals surface area (Å²) in [5, 5.41) is 0.656. The number of carbonyl (C=O) groups excluding carboxylic acids is 2. The van der Waals surface area contributed by atoms with E-state index in [4.69, 9.17) is 11.6 Å². The van der Waals surface area contributed by atoms with E-state index in [1.54, 1.807) is 12.1 Å². The Labute approximate surface area is 144 Å². The van der Waals surface area contributed by atoms with Gasteiger partial charge in [-0.2, -0.15) is 0 Å². The third-order valence-electron chi connectivity index (χ3n) is 3.34. The van der Waals surface area contributed by atoms with Crippen LogP contribution in [-0.4, -0.2) is 37.5 Å². The summed E-state index contributed by atoms with van der Waals surface area (Å²) >= 11 is 7.29. The normalized spacial score (nSPS) is 19.3. The van der Waals surface area contributed by atoms with Crippen molar-refractivity contribution >= 4 is 45.0 Å². The van der Waals surface area contributed by atoms with Gasteiger partial charge < -0.3 is 0 Å². The summed E-state index contributed by atoms with van der Waals surface area (Å²) in [4.78, 5) is 24.4. The van der Waals surface area contributed by atoms with Crippen LogP contribution in [0.4, 0.5) is 0 Å². The fourth-order valence-electron chi connectivity index (χ4n) is 2.09. The van der Waals surface area contributed by atoms with Gasteiger partial charge in [0.1, 0.15) is 0 Å². The average Bonchev–Trinajstić information content (AvgIpc) is 2.87. The van der Waals surface area contributed by atoms with E-state index in [1.807, 2.05) is 12.1 Å². The molecule has 0 saturated carbocycles. The number of nitrogens with one attached hydrogen (secondary N) is 2. The fourth-order valence-corrected chi connectivity index (χ4v) is 4.81. The van der Waals surface area contributed by atoms with Crippen LogP contribution >= 0.6 is 23.4 Å². The number of hydrazine groups is 1. The van der Waals surface area contributed by atoms with Gasteiger partial charge in [0.25, 0.3) is 0 Å². The molecule has 1 aromatic rings. The Balaban J connectivity index is 1.65. The van der Waals surface area contributed by atoms with E-state index in [2.05, 4.69) is 10.9 Å². The lowest BCUT2D eigenvalue weighted by Gasteiger charge is -2.10. The third kappa shape index (κ3) is 6.04. The molecule has 1 aromatic carbocycles. The molecule has 9 heteroatoms. The van der Waals surface area contributed by atoms with Crippen molar-refractivity contribution in [1.82, 2.24) is 10.9 Å². The van der Waals surface area contributed by atoms with Crippen LogP contribution in [0.3, 0.4) is 0 Å². The van der Waals surface area contributed by atoms with Crippen molar-refractivity contribution < 1.29 is 18.0 Å². The number of hydrogen-bond acceptors (Lipinski definition) is 5. The molecule has 126 valence electrons. The molecule has 0 bridgehead atoms. The first kappa shape index (κ1) is 18.1. The number of carbonyl (C=O) groups is 2. The zero-order chi connectivity index (χ0) is 16.9. The Kier molecular flexibility index (Phi) is 6.32. The third-order valence-corrected chi connectivity index (χ3v) is 6.37. The van der Waals surface area contributed by atoms with Gasteiger partial charge in [0.15, 0.2) is 9.84 Å². The molecule has 2 rings (SSSR count). The molecule has 23 heavy (non-hydrogen) atoms. The molecule has 1 aliphatic rings. The molecule has 0 spiro atoms.